The lowest BCUT2D eigenvalue weighted by molar-refractivity contribution is 0.106. The van der Waals surface area contributed by atoms with Gasteiger partial charge in [-0.15, -0.1) is 0 Å². The topological polar surface area (TPSA) is 12.5 Å². The van der Waals surface area contributed by atoms with E-state index in [1.54, 1.807) is 0 Å². The lowest BCUT2D eigenvalue weighted by Gasteiger charge is -2.17. The molecule has 0 aliphatic carbocycles. The normalized spacial score (nSPS) is 26.7. The van der Waals surface area contributed by atoms with Gasteiger partial charge in [0.25, 0.3) is 0 Å². The fourth-order valence-corrected chi connectivity index (χ4v) is 1.67. The van der Waals surface area contributed by atoms with Crippen molar-refractivity contribution < 1.29 is 4.74 Å². The average molecular weight is 157 g/mol. The van der Waals surface area contributed by atoms with Crippen molar-refractivity contribution in [2.75, 3.05) is 26.7 Å². The first-order chi connectivity index (χ1) is 5.22. The Morgan fingerprint density at radius 2 is 2.27 bits per heavy atom. The summed E-state index contributed by atoms with van der Waals surface area (Å²) in [5, 5.41) is 0. The summed E-state index contributed by atoms with van der Waals surface area (Å²) in [6, 6.07) is 0. The SMILES string of the molecule is CO[C@@H]1CCN(CC(C)C)C1. The third-order valence-corrected chi connectivity index (χ3v) is 2.19. The highest BCUT2D eigenvalue weighted by Gasteiger charge is 2.21. The molecule has 1 rings (SSSR count). The minimum absolute atomic E-state index is 0.494. The first kappa shape index (κ1) is 9.01. The molecule has 1 heterocycles. The number of methoxy groups -OCH3 is 1. The molecular weight excluding hydrogens is 138 g/mol. The molecule has 0 aromatic heterocycles. The Morgan fingerprint density at radius 3 is 2.73 bits per heavy atom. The van der Waals surface area contributed by atoms with Crippen LogP contribution in [0.4, 0.5) is 0 Å². The molecule has 1 atom stereocenters. The summed E-state index contributed by atoms with van der Waals surface area (Å²) in [7, 11) is 1.81. The molecule has 1 aliphatic rings. The molecule has 66 valence electrons. The molecule has 0 bridgehead atoms. The molecule has 0 amide bonds. The van der Waals surface area contributed by atoms with E-state index in [4.69, 9.17) is 4.74 Å². The smallest absolute Gasteiger partial charge is 0.0710 e. The van der Waals surface area contributed by atoms with Gasteiger partial charge in [0, 0.05) is 26.7 Å². The van der Waals surface area contributed by atoms with Crippen LogP contribution >= 0.6 is 0 Å². The minimum Gasteiger partial charge on any atom is -0.380 e. The molecule has 1 fully saturated rings. The van der Waals surface area contributed by atoms with Crippen molar-refractivity contribution in [2.24, 2.45) is 5.92 Å². The average Bonchev–Trinajstić information content (AvgIpc) is 2.34. The maximum Gasteiger partial charge on any atom is 0.0710 e. The third kappa shape index (κ3) is 2.80. The molecule has 0 N–H and O–H groups in total. The van der Waals surface area contributed by atoms with Gasteiger partial charge < -0.3 is 9.64 Å². The second-order valence-corrected chi connectivity index (χ2v) is 3.80. The van der Waals surface area contributed by atoms with Crippen molar-refractivity contribution in [3.63, 3.8) is 0 Å². The lowest BCUT2D eigenvalue weighted by atomic mass is 10.2. The van der Waals surface area contributed by atoms with Gasteiger partial charge in [-0.3, -0.25) is 0 Å². The fourth-order valence-electron chi connectivity index (χ4n) is 1.67. The zero-order valence-electron chi connectivity index (χ0n) is 7.84. The van der Waals surface area contributed by atoms with E-state index >= 15 is 0 Å². The number of ether oxygens (including phenoxy) is 1. The van der Waals surface area contributed by atoms with Crippen LogP contribution in [0.5, 0.6) is 0 Å². The molecule has 0 aromatic carbocycles. The maximum atomic E-state index is 5.28. The van der Waals surface area contributed by atoms with Gasteiger partial charge in [-0.1, -0.05) is 13.8 Å². The van der Waals surface area contributed by atoms with Crippen LogP contribution in [-0.2, 0) is 4.74 Å². The fraction of sp³-hybridized carbons (Fsp3) is 1.00. The lowest BCUT2D eigenvalue weighted by Crippen LogP contribution is -2.26. The zero-order valence-corrected chi connectivity index (χ0v) is 7.84. The van der Waals surface area contributed by atoms with E-state index in [0.717, 1.165) is 12.5 Å². The first-order valence-corrected chi connectivity index (χ1v) is 4.47. The van der Waals surface area contributed by atoms with Crippen molar-refractivity contribution >= 4 is 0 Å². The molecule has 0 saturated carbocycles. The predicted octanol–water partition coefficient (Wildman–Crippen LogP) is 1.36. The summed E-state index contributed by atoms with van der Waals surface area (Å²) in [5.74, 6) is 0.783. The summed E-state index contributed by atoms with van der Waals surface area (Å²) < 4.78 is 5.28. The number of hydrogen-bond donors (Lipinski definition) is 0. The molecule has 0 unspecified atom stereocenters. The Kier molecular flexibility index (Phi) is 3.34. The number of hydrogen-bond acceptors (Lipinski definition) is 2. The highest BCUT2D eigenvalue weighted by molar-refractivity contribution is 4.75. The van der Waals surface area contributed by atoms with Crippen LogP contribution in [0.25, 0.3) is 0 Å². The molecule has 2 heteroatoms. The van der Waals surface area contributed by atoms with Crippen LogP contribution < -0.4 is 0 Å². The van der Waals surface area contributed by atoms with Gasteiger partial charge >= 0.3 is 0 Å². The minimum atomic E-state index is 0.494. The van der Waals surface area contributed by atoms with Crippen LogP contribution in [-0.4, -0.2) is 37.7 Å². The van der Waals surface area contributed by atoms with Crippen LogP contribution in [0.3, 0.4) is 0 Å². The van der Waals surface area contributed by atoms with Gasteiger partial charge in [0.15, 0.2) is 0 Å². The largest absolute Gasteiger partial charge is 0.380 e. The number of likely N-dealkylation sites (tertiary alicyclic amines) is 1. The van der Waals surface area contributed by atoms with Crippen LogP contribution in [0.15, 0.2) is 0 Å². The van der Waals surface area contributed by atoms with Gasteiger partial charge in [-0.05, 0) is 12.3 Å². The molecule has 1 saturated heterocycles. The summed E-state index contributed by atoms with van der Waals surface area (Å²) >= 11 is 0. The van der Waals surface area contributed by atoms with E-state index in [1.165, 1.54) is 19.5 Å². The Bertz CT molecular complexity index is 114. The Balaban J connectivity index is 2.19. The summed E-state index contributed by atoms with van der Waals surface area (Å²) in [5.41, 5.74) is 0. The molecule has 11 heavy (non-hydrogen) atoms. The summed E-state index contributed by atoms with van der Waals surface area (Å²) in [6.07, 6.45) is 1.71. The van der Waals surface area contributed by atoms with Crippen LogP contribution in [0, 0.1) is 5.92 Å². The Hall–Kier alpha value is -0.0800. The van der Waals surface area contributed by atoms with E-state index in [0.29, 0.717) is 6.10 Å². The van der Waals surface area contributed by atoms with E-state index < -0.39 is 0 Å². The second-order valence-electron chi connectivity index (χ2n) is 3.80. The van der Waals surface area contributed by atoms with E-state index in [1.807, 2.05) is 7.11 Å². The van der Waals surface area contributed by atoms with Gasteiger partial charge in [-0.25, -0.2) is 0 Å². The highest BCUT2D eigenvalue weighted by Crippen LogP contribution is 2.12. The molecular formula is C9H19NO. The molecule has 2 nitrogen and oxygen atoms in total. The highest BCUT2D eigenvalue weighted by atomic mass is 16.5. The van der Waals surface area contributed by atoms with E-state index in [2.05, 4.69) is 18.7 Å². The predicted molar refractivity (Wildman–Crippen MR) is 46.7 cm³/mol. The summed E-state index contributed by atoms with van der Waals surface area (Å²) in [4.78, 5) is 2.48. The van der Waals surface area contributed by atoms with E-state index in [9.17, 15) is 0 Å². The van der Waals surface area contributed by atoms with Crippen LogP contribution in [0.2, 0.25) is 0 Å². The molecule has 0 spiro atoms. The van der Waals surface area contributed by atoms with Gasteiger partial charge in [0.1, 0.15) is 0 Å². The third-order valence-electron chi connectivity index (χ3n) is 2.19. The zero-order chi connectivity index (χ0) is 8.27. The summed E-state index contributed by atoms with van der Waals surface area (Å²) in [6.45, 7) is 8.10. The van der Waals surface area contributed by atoms with Gasteiger partial charge in [-0.2, -0.15) is 0 Å². The molecule has 1 aliphatic heterocycles. The van der Waals surface area contributed by atoms with Crippen molar-refractivity contribution in [1.29, 1.82) is 0 Å². The van der Waals surface area contributed by atoms with Crippen molar-refractivity contribution in [3.05, 3.63) is 0 Å². The number of nitrogens with zero attached hydrogens (tertiary/aromatic N) is 1. The second kappa shape index (κ2) is 4.07. The molecule has 0 aromatic rings. The van der Waals surface area contributed by atoms with Crippen molar-refractivity contribution in [3.8, 4) is 0 Å². The standard InChI is InChI=1S/C9H19NO/c1-8(2)6-10-5-4-9(7-10)11-3/h8-9H,4-7H2,1-3H3/t9-/m1/s1. The Morgan fingerprint density at radius 1 is 1.55 bits per heavy atom. The quantitative estimate of drug-likeness (QED) is 0.613. The monoisotopic (exact) mass is 157 g/mol. The van der Waals surface area contributed by atoms with Gasteiger partial charge in [0.05, 0.1) is 6.10 Å². The Labute approximate surface area is 69.5 Å². The number of rotatable bonds is 3. The van der Waals surface area contributed by atoms with E-state index in [-0.39, 0.29) is 0 Å². The van der Waals surface area contributed by atoms with Crippen molar-refractivity contribution in [1.82, 2.24) is 4.90 Å². The maximum absolute atomic E-state index is 5.28. The first-order valence-electron chi connectivity index (χ1n) is 4.47. The van der Waals surface area contributed by atoms with Crippen molar-refractivity contribution in [2.45, 2.75) is 26.4 Å². The van der Waals surface area contributed by atoms with Crippen LogP contribution in [0.1, 0.15) is 20.3 Å². The molecule has 0 radical (unpaired) electrons. The van der Waals surface area contributed by atoms with Gasteiger partial charge in [0.2, 0.25) is 0 Å².